The van der Waals surface area contributed by atoms with Gasteiger partial charge in [-0.1, -0.05) is 5.16 Å². The molecule has 0 aliphatic heterocycles. The summed E-state index contributed by atoms with van der Waals surface area (Å²) in [6, 6.07) is 4.28. The van der Waals surface area contributed by atoms with Crippen LogP contribution in [0.2, 0.25) is 0 Å². The Balaban J connectivity index is 2.26. The van der Waals surface area contributed by atoms with Crippen molar-refractivity contribution in [2.24, 2.45) is 0 Å². The van der Waals surface area contributed by atoms with E-state index in [2.05, 4.69) is 24.7 Å². The first-order valence-electron chi connectivity index (χ1n) is 5.25. The normalized spacial score (nSPS) is 11.2. The molecule has 8 heteroatoms. The van der Waals surface area contributed by atoms with Crippen LogP contribution in [0.5, 0.6) is 0 Å². The highest BCUT2D eigenvalue weighted by molar-refractivity contribution is 7.92. The lowest BCUT2D eigenvalue weighted by Crippen LogP contribution is -2.13. The number of nitrogens with one attached hydrogen (secondary N) is 2. The first kappa shape index (κ1) is 12.4. The minimum absolute atomic E-state index is 0.108. The van der Waals surface area contributed by atoms with Crippen LogP contribution in [0.15, 0.2) is 40.1 Å². The Labute approximate surface area is 104 Å². The number of sulfonamides is 1. The molecule has 96 valence electrons. The molecule has 7 nitrogen and oxygen atoms in total. The maximum Gasteiger partial charge on any atom is 0.263 e. The summed E-state index contributed by atoms with van der Waals surface area (Å²) in [5.41, 5.74) is 0. The molecular weight excluding hydrogens is 256 g/mol. The van der Waals surface area contributed by atoms with Crippen LogP contribution in [0, 0.1) is 0 Å². The monoisotopic (exact) mass is 268 g/mol. The smallest absolute Gasteiger partial charge is 0.263 e. The van der Waals surface area contributed by atoms with Gasteiger partial charge in [0, 0.05) is 24.9 Å². The van der Waals surface area contributed by atoms with E-state index in [1.165, 1.54) is 30.7 Å². The summed E-state index contributed by atoms with van der Waals surface area (Å²) in [4.78, 5) is 4.11. The molecule has 0 aromatic carbocycles. The number of aromatic nitrogens is 2. The predicted octanol–water partition coefficient (Wildman–Crippen LogP) is 1.30. The summed E-state index contributed by atoms with van der Waals surface area (Å²) in [6.07, 6.45) is 2.71. The average Bonchev–Trinajstić information content (AvgIpc) is 2.82. The van der Waals surface area contributed by atoms with Crippen LogP contribution in [0.3, 0.4) is 0 Å². The molecule has 0 unspecified atom stereocenters. The summed E-state index contributed by atoms with van der Waals surface area (Å²) in [5, 5.41) is 6.43. The van der Waals surface area contributed by atoms with Crippen molar-refractivity contribution in [3.63, 3.8) is 0 Å². The highest BCUT2D eigenvalue weighted by Gasteiger charge is 2.16. The van der Waals surface area contributed by atoms with Crippen molar-refractivity contribution < 1.29 is 12.9 Å². The summed E-state index contributed by atoms with van der Waals surface area (Å²) in [6.45, 7) is 2.56. The van der Waals surface area contributed by atoms with Gasteiger partial charge in [0.25, 0.3) is 10.0 Å². The number of rotatable bonds is 5. The Kier molecular flexibility index (Phi) is 3.47. The Morgan fingerprint density at radius 1 is 1.33 bits per heavy atom. The van der Waals surface area contributed by atoms with E-state index in [9.17, 15) is 8.42 Å². The highest BCUT2D eigenvalue weighted by atomic mass is 32.2. The van der Waals surface area contributed by atoms with Crippen molar-refractivity contribution in [2.75, 3.05) is 16.6 Å². The van der Waals surface area contributed by atoms with Crippen LogP contribution in [-0.2, 0) is 10.0 Å². The molecule has 2 N–H and O–H groups in total. The Hall–Kier alpha value is -2.09. The second-order valence-corrected chi connectivity index (χ2v) is 5.08. The third-order valence-corrected chi connectivity index (χ3v) is 3.43. The minimum Gasteiger partial charge on any atom is -0.370 e. The van der Waals surface area contributed by atoms with E-state index in [0.29, 0.717) is 12.4 Å². The fraction of sp³-hybridized carbons (Fsp3) is 0.200. The first-order chi connectivity index (χ1) is 8.62. The topological polar surface area (TPSA) is 97.1 Å². The van der Waals surface area contributed by atoms with Crippen molar-refractivity contribution in [3.8, 4) is 0 Å². The van der Waals surface area contributed by atoms with Crippen molar-refractivity contribution in [1.82, 2.24) is 10.1 Å². The summed E-state index contributed by atoms with van der Waals surface area (Å²) >= 11 is 0. The molecule has 0 radical (unpaired) electrons. The van der Waals surface area contributed by atoms with Crippen LogP contribution >= 0.6 is 0 Å². The second-order valence-electron chi connectivity index (χ2n) is 3.40. The Morgan fingerprint density at radius 2 is 2.17 bits per heavy atom. The quantitative estimate of drug-likeness (QED) is 0.848. The van der Waals surface area contributed by atoms with Gasteiger partial charge in [-0.3, -0.25) is 4.72 Å². The molecule has 0 bridgehead atoms. The molecule has 0 amide bonds. The standard InChI is InChI=1S/C10H12N4O3S/c1-2-11-10-7-8(3-5-12-10)18(15,16)14-9-4-6-17-13-9/h3-7H,2H2,1H3,(H,11,12)(H,13,14). The van der Waals surface area contributed by atoms with Gasteiger partial charge < -0.3 is 9.84 Å². The number of hydrogen-bond acceptors (Lipinski definition) is 6. The molecule has 0 aliphatic carbocycles. The van der Waals surface area contributed by atoms with Crippen LogP contribution in [0.4, 0.5) is 11.6 Å². The Morgan fingerprint density at radius 3 is 2.83 bits per heavy atom. The van der Waals surface area contributed by atoms with Gasteiger partial charge in [-0.05, 0) is 13.0 Å². The van der Waals surface area contributed by atoms with E-state index in [4.69, 9.17) is 0 Å². The average molecular weight is 268 g/mol. The third kappa shape index (κ3) is 2.77. The fourth-order valence-corrected chi connectivity index (χ4v) is 2.32. The lowest BCUT2D eigenvalue weighted by atomic mass is 10.4. The molecule has 0 aliphatic rings. The molecule has 0 saturated heterocycles. The van der Waals surface area contributed by atoms with Gasteiger partial charge in [0.05, 0.1) is 4.90 Å². The minimum atomic E-state index is -3.68. The maximum atomic E-state index is 12.0. The van der Waals surface area contributed by atoms with E-state index in [-0.39, 0.29) is 10.7 Å². The molecule has 2 aromatic heterocycles. The number of nitrogens with zero attached hydrogens (tertiary/aromatic N) is 2. The molecule has 2 heterocycles. The van der Waals surface area contributed by atoms with Crippen LogP contribution < -0.4 is 10.0 Å². The van der Waals surface area contributed by atoms with Gasteiger partial charge in [0.15, 0.2) is 5.82 Å². The fourth-order valence-electron chi connectivity index (χ4n) is 1.32. The molecule has 18 heavy (non-hydrogen) atoms. The van der Waals surface area contributed by atoms with Gasteiger partial charge in [-0.25, -0.2) is 13.4 Å². The van der Waals surface area contributed by atoms with E-state index < -0.39 is 10.0 Å². The van der Waals surface area contributed by atoms with Gasteiger partial charge in [-0.15, -0.1) is 0 Å². The molecule has 0 spiro atoms. The van der Waals surface area contributed by atoms with Crippen molar-refractivity contribution >= 4 is 21.7 Å². The summed E-state index contributed by atoms with van der Waals surface area (Å²) in [5.74, 6) is 0.636. The van der Waals surface area contributed by atoms with Crippen molar-refractivity contribution in [3.05, 3.63) is 30.7 Å². The van der Waals surface area contributed by atoms with Gasteiger partial charge in [0.1, 0.15) is 12.1 Å². The molecule has 0 saturated carbocycles. The molecular formula is C10H12N4O3S. The lowest BCUT2D eigenvalue weighted by molar-refractivity contribution is 0.423. The molecule has 2 rings (SSSR count). The highest BCUT2D eigenvalue weighted by Crippen LogP contribution is 2.16. The van der Waals surface area contributed by atoms with Crippen LogP contribution in [0.25, 0.3) is 0 Å². The molecule has 2 aromatic rings. The molecule has 0 atom stereocenters. The number of anilines is 2. The first-order valence-corrected chi connectivity index (χ1v) is 6.73. The predicted molar refractivity (Wildman–Crippen MR) is 65.7 cm³/mol. The van der Waals surface area contributed by atoms with Gasteiger partial charge in [0.2, 0.25) is 0 Å². The number of pyridine rings is 1. The van der Waals surface area contributed by atoms with Crippen molar-refractivity contribution in [2.45, 2.75) is 11.8 Å². The zero-order valence-corrected chi connectivity index (χ0v) is 10.4. The zero-order chi connectivity index (χ0) is 13.0. The van der Waals surface area contributed by atoms with Crippen molar-refractivity contribution in [1.29, 1.82) is 0 Å². The summed E-state index contributed by atoms with van der Waals surface area (Å²) in [7, 11) is -3.68. The second kappa shape index (κ2) is 5.05. The zero-order valence-electron chi connectivity index (χ0n) is 9.62. The Bertz CT molecular complexity index is 610. The largest absolute Gasteiger partial charge is 0.370 e. The van der Waals surface area contributed by atoms with E-state index >= 15 is 0 Å². The van der Waals surface area contributed by atoms with E-state index in [1.807, 2.05) is 6.92 Å². The lowest BCUT2D eigenvalue weighted by Gasteiger charge is -2.07. The summed E-state index contributed by atoms with van der Waals surface area (Å²) < 4.78 is 30.9. The SMILES string of the molecule is CCNc1cc(S(=O)(=O)Nc2ccon2)ccn1. The van der Waals surface area contributed by atoms with Crippen LogP contribution in [-0.4, -0.2) is 25.1 Å². The van der Waals surface area contributed by atoms with Gasteiger partial charge in [-0.2, -0.15) is 0 Å². The van der Waals surface area contributed by atoms with E-state index in [1.54, 1.807) is 0 Å². The third-order valence-electron chi connectivity index (χ3n) is 2.08. The maximum absolute atomic E-state index is 12.0. The van der Waals surface area contributed by atoms with Gasteiger partial charge >= 0.3 is 0 Å². The van der Waals surface area contributed by atoms with E-state index in [0.717, 1.165) is 0 Å². The van der Waals surface area contributed by atoms with Crippen LogP contribution in [0.1, 0.15) is 6.92 Å². The number of hydrogen-bond donors (Lipinski definition) is 2. The molecule has 0 fully saturated rings.